The van der Waals surface area contributed by atoms with Crippen LogP contribution in [0.1, 0.15) is 35.8 Å². The molecule has 1 amide bonds. The van der Waals surface area contributed by atoms with E-state index in [-0.39, 0.29) is 11.9 Å². The van der Waals surface area contributed by atoms with Gasteiger partial charge in [0.15, 0.2) is 0 Å². The predicted molar refractivity (Wildman–Crippen MR) is 90.1 cm³/mol. The molecule has 3 rings (SSSR count). The number of hydrogen-bond donors (Lipinski definition) is 1. The van der Waals surface area contributed by atoms with Crippen LogP contribution in [-0.2, 0) is 4.79 Å². The second-order valence-electron chi connectivity index (χ2n) is 5.88. The first-order chi connectivity index (χ1) is 11.7. The summed E-state index contributed by atoms with van der Waals surface area (Å²) >= 11 is 0. The van der Waals surface area contributed by atoms with E-state index in [4.69, 9.17) is 5.26 Å². The van der Waals surface area contributed by atoms with E-state index in [9.17, 15) is 4.79 Å². The molecule has 6 nitrogen and oxygen atoms in total. The molecule has 1 atom stereocenters. The number of carbonyl (C=O) groups excluding carboxylic acids is 1. The lowest BCUT2D eigenvalue weighted by atomic mass is 10.1. The van der Waals surface area contributed by atoms with Gasteiger partial charge in [0.25, 0.3) is 0 Å². The summed E-state index contributed by atoms with van der Waals surface area (Å²) in [6.45, 7) is 3.17. The van der Waals surface area contributed by atoms with Crippen LogP contribution in [-0.4, -0.2) is 33.9 Å². The number of carbonyl (C=O) groups is 1. The Balaban J connectivity index is 1.86. The molecule has 1 saturated heterocycles. The van der Waals surface area contributed by atoms with Crippen LogP contribution < -0.4 is 5.32 Å². The summed E-state index contributed by atoms with van der Waals surface area (Å²) < 4.78 is 0. The minimum atomic E-state index is -0.124. The molecule has 1 aliphatic rings. The molecule has 2 heterocycles. The van der Waals surface area contributed by atoms with Crippen molar-refractivity contribution in [1.29, 1.82) is 5.26 Å². The predicted octanol–water partition coefficient (Wildman–Crippen LogP) is 2.43. The van der Waals surface area contributed by atoms with Crippen molar-refractivity contribution in [2.24, 2.45) is 0 Å². The minimum absolute atomic E-state index is 0.124. The first-order valence-corrected chi connectivity index (χ1v) is 8.01. The van der Waals surface area contributed by atoms with E-state index in [1.165, 1.54) is 0 Å². The third kappa shape index (κ3) is 3.69. The fourth-order valence-electron chi connectivity index (χ4n) is 2.88. The van der Waals surface area contributed by atoms with Crippen molar-refractivity contribution < 1.29 is 4.79 Å². The molecule has 2 aromatic rings. The van der Waals surface area contributed by atoms with Crippen LogP contribution in [0.2, 0.25) is 0 Å². The number of nitrogens with one attached hydrogen (secondary N) is 1. The summed E-state index contributed by atoms with van der Waals surface area (Å²) in [5.41, 5.74) is 2.11. The van der Waals surface area contributed by atoms with Crippen LogP contribution in [0.15, 0.2) is 36.4 Å². The number of nitriles is 1. The van der Waals surface area contributed by atoms with Crippen molar-refractivity contribution in [1.82, 2.24) is 14.9 Å². The maximum atomic E-state index is 12.0. The molecule has 122 valence electrons. The molecule has 0 saturated carbocycles. The molecule has 1 unspecified atom stereocenters. The number of amides is 1. The highest BCUT2D eigenvalue weighted by Crippen LogP contribution is 2.22. The maximum Gasteiger partial charge on any atom is 0.224 e. The molecular formula is C18H19N5O. The number of rotatable bonds is 5. The largest absolute Gasteiger partial charge is 0.346 e. The van der Waals surface area contributed by atoms with Gasteiger partial charge in [0.05, 0.1) is 6.04 Å². The van der Waals surface area contributed by atoms with E-state index in [0.29, 0.717) is 24.6 Å². The smallest absolute Gasteiger partial charge is 0.224 e. The molecule has 6 heteroatoms. The lowest BCUT2D eigenvalue weighted by Crippen LogP contribution is -2.33. The molecule has 0 aliphatic carbocycles. The zero-order chi connectivity index (χ0) is 16.9. The van der Waals surface area contributed by atoms with E-state index in [1.807, 2.05) is 48.2 Å². The normalized spacial score (nSPS) is 15.2. The molecule has 0 spiro atoms. The molecule has 1 aromatic carbocycles. The van der Waals surface area contributed by atoms with Crippen molar-refractivity contribution in [2.75, 3.05) is 18.4 Å². The van der Waals surface area contributed by atoms with E-state index < -0.39 is 0 Å². The average Bonchev–Trinajstić information content (AvgIpc) is 2.99. The van der Waals surface area contributed by atoms with Crippen molar-refractivity contribution in [3.05, 3.63) is 53.3 Å². The molecular weight excluding hydrogens is 302 g/mol. The zero-order valence-electron chi connectivity index (χ0n) is 13.6. The number of anilines is 1. The Morgan fingerprint density at radius 2 is 2.12 bits per heavy atom. The van der Waals surface area contributed by atoms with Crippen LogP contribution in [0.3, 0.4) is 0 Å². The summed E-state index contributed by atoms with van der Waals surface area (Å²) in [6, 6.07) is 13.5. The van der Waals surface area contributed by atoms with Gasteiger partial charge in [-0.25, -0.2) is 9.97 Å². The van der Waals surface area contributed by atoms with Crippen LogP contribution in [0, 0.1) is 18.3 Å². The average molecular weight is 321 g/mol. The Hall–Kier alpha value is -2.94. The zero-order valence-corrected chi connectivity index (χ0v) is 13.6. The highest BCUT2D eigenvalue weighted by Gasteiger charge is 2.24. The van der Waals surface area contributed by atoms with E-state index in [1.54, 1.807) is 6.07 Å². The van der Waals surface area contributed by atoms with E-state index in [0.717, 1.165) is 24.2 Å². The van der Waals surface area contributed by atoms with Crippen LogP contribution in [0.25, 0.3) is 0 Å². The summed E-state index contributed by atoms with van der Waals surface area (Å²) in [7, 11) is 0. The Morgan fingerprint density at radius 3 is 2.79 bits per heavy atom. The standard InChI is InChI=1S/C18H19N5O/c1-13-10-15(11-19)21-18(20-13)22-16(14-6-3-2-4-7-14)12-23-9-5-8-17(23)24/h2-4,6-7,10,16H,5,8-9,12H2,1H3,(H,20,21,22). The molecule has 24 heavy (non-hydrogen) atoms. The second-order valence-corrected chi connectivity index (χ2v) is 5.88. The lowest BCUT2D eigenvalue weighted by Gasteiger charge is -2.25. The molecule has 1 aromatic heterocycles. The maximum absolute atomic E-state index is 12.0. The highest BCUT2D eigenvalue weighted by molar-refractivity contribution is 5.78. The van der Waals surface area contributed by atoms with Gasteiger partial charge >= 0.3 is 0 Å². The van der Waals surface area contributed by atoms with E-state index >= 15 is 0 Å². The molecule has 0 bridgehead atoms. The third-order valence-corrected chi connectivity index (χ3v) is 4.05. The van der Waals surface area contributed by atoms with Gasteiger partial charge in [0.2, 0.25) is 11.9 Å². The number of benzene rings is 1. The molecule has 0 radical (unpaired) electrons. The number of nitrogens with zero attached hydrogens (tertiary/aromatic N) is 4. The Bertz CT molecular complexity index is 769. The van der Waals surface area contributed by atoms with Gasteiger partial charge in [-0.2, -0.15) is 5.26 Å². The van der Waals surface area contributed by atoms with Crippen molar-refractivity contribution in [3.8, 4) is 6.07 Å². The number of likely N-dealkylation sites (tertiary alicyclic amines) is 1. The van der Waals surface area contributed by atoms with Crippen molar-refractivity contribution in [3.63, 3.8) is 0 Å². The monoisotopic (exact) mass is 321 g/mol. The number of aryl methyl sites for hydroxylation is 1. The van der Waals surface area contributed by atoms with Gasteiger partial charge in [0, 0.05) is 25.2 Å². The van der Waals surface area contributed by atoms with E-state index in [2.05, 4.69) is 15.3 Å². The topological polar surface area (TPSA) is 81.9 Å². The Kier molecular flexibility index (Phi) is 4.71. The first-order valence-electron chi connectivity index (χ1n) is 8.01. The second kappa shape index (κ2) is 7.09. The van der Waals surface area contributed by atoms with Gasteiger partial charge in [-0.15, -0.1) is 0 Å². The van der Waals surface area contributed by atoms with Crippen molar-refractivity contribution in [2.45, 2.75) is 25.8 Å². The summed E-state index contributed by atoms with van der Waals surface area (Å²) in [4.78, 5) is 22.4. The Morgan fingerprint density at radius 1 is 1.33 bits per heavy atom. The minimum Gasteiger partial charge on any atom is -0.346 e. The molecule has 1 fully saturated rings. The van der Waals surface area contributed by atoms with Crippen molar-refractivity contribution >= 4 is 11.9 Å². The van der Waals surface area contributed by atoms with Gasteiger partial charge in [0.1, 0.15) is 11.8 Å². The summed E-state index contributed by atoms with van der Waals surface area (Å²) in [5.74, 6) is 0.590. The lowest BCUT2D eigenvalue weighted by molar-refractivity contribution is -0.127. The number of aromatic nitrogens is 2. The summed E-state index contributed by atoms with van der Waals surface area (Å²) in [5, 5.41) is 12.4. The van der Waals surface area contributed by atoms with Gasteiger partial charge in [-0.05, 0) is 25.0 Å². The first kappa shape index (κ1) is 15.9. The SMILES string of the molecule is Cc1cc(C#N)nc(NC(CN2CCCC2=O)c2ccccc2)n1. The summed E-state index contributed by atoms with van der Waals surface area (Å²) in [6.07, 6.45) is 1.51. The third-order valence-electron chi connectivity index (χ3n) is 4.05. The number of hydrogen-bond acceptors (Lipinski definition) is 5. The Labute approximate surface area is 141 Å². The van der Waals surface area contributed by atoms with Crippen LogP contribution >= 0.6 is 0 Å². The van der Waals surface area contributed by atoms with Gasteiger partial charge < -0.3 is 10.2 Å². The van der Waals surface area contributed by atoms with Gasteiger partial charge in [-0.1, -0.05) is 30.3 Å². The fraction of sp³-hybridized carbons (Fsp3) is 0.333. The quantitative estimate of drug-likeness (QED) is 0.914. The highest BCUT2D eigenvalue weighted by atomic mass is 16.2. The van der Waals surface area contributed by atoms with Gasteiger partial charge in [-0.3, -0.25) is 4.79 Å². The van der Waals surface area contributed by atoms with Crippen LogP contribution in [0.5, 0.6) is 0 Å². The van der Waals surface area contributed by atoms with Crippen LogP contribution in [0.4, 0.5) is 5.95 Å². The fourth-order valence-corrected chi connectivity index (χ4v) is 2.88. The molecule has 1 N–H and O–H groups in total. The molecule has 1 aliphatic heterocycles.